The van der Waals surface area contributed by atoms with Crippen LogP contribution in [0.4, 0.5) is 22.9 Å². The number of aliphatic hydroxyl groups is 1. The van der Waals surface area contributed by atoms with Gasteiger partial charge in [0.05, 0.1) is 5.69 Å². The van der Waals surface area contributed by atoms with Crippen molar-refractivity contribution in [1.82, 2.24) is 4.98 Å². The van der Waals surface area contributed by atoms with Gasteiger partial charge in [0.25, 0.3) is 0 Å². The van der Waals surface area contributed by atoms with Crippen molar-refractivity contribution in [2.45, 2.75) is 70.3 Å². The van der Waals surface area contributed by atoms with Gasteiger partial charge in [0.2, 0.25) is 5.91 Å². The number of pyridine rings is 1. The molecule has 0 bridgehead atoms. The Balaban J connectivity index is 1.24. The number of carbonyl (C=O) groups is 1. The Labute approximate surface area is 197 Å². The van der Waals surface area contributed by atoms with E-state index in [4.69, 9.17) is 5.11 Å². The number of benzene rings is 1. The number of aromatic nitrogens is 1. The molecular formula is C27H36N4O2. The molecule has 33 heavy (non-hydrogen) atoms. The highest BCUT2D eigenvalue weighted by Gasteiger charge is 2.32. The molecule has 1 aliphatic carbocycles. The van der Waals surface area contributed by atoms with Gasteiger partial charge in [-0.1, -0.05) is 12.8 Å². The summed E-state index contributed by atoms with van der Waals surface area (Å²) in [5, 5.41) is 12.5. The normalized spacial score (nSPS) is 19.7. The lowest BCUT2D eigenvalue weighted by Crippen LogP contribution is -2.42. The van der Waals surface area contributed by atoms with E-state index in [0.29, 0.717) is 19.1 Å². The second kappa shape index (κ2) is 10.1. The molecular weight excluding hydrogens is 412 g/mol. The standard InChI is InChI=1S/C27H36N4O2/c32-17-3-4-20-13-15-30(16-14-20)23-10-8-22(9-11-23)29-26-18-25-21(19-28-26)7-12-27(33)31(25)24-5-1-2-6-24/h8-11,18-20,24,32H,1-7,12-17H2,(H,28,29). The molecule has 0 radical (unpaired) electrons. The molecule has 1 aromatic carbocycles. The number of rotatable bonds is 7. The van der Waals surface area contributed by atoms with Crippen molar-refractivity contribution in [2.75, 3.05) is 34.8 Å². The minimum atomic E-state index is 0.260. The smallest absolute Gasteiger partial charge is 0.227 e. The number of anilines is 4. The number of fused-ring (bicyclic) bond motifs is 1. The summed E-state index contributed by atoms with van der Waals surface area (Å²) < 4.78 is 0. The molecule has 2 aliphatic heterocycles. The lowest BCUT2D eigenvalue weighted by atomic mass is 9.92. The average molecular weight is 449 g/mol. The fraction of sp³-hybridized carbons (Fsp3) is 0.556. The molecule has 1 aromatic heterocycles. The van der Waals surface area contributed by atoms with Gasteiger partial charge in [0.1, 0.15) is 5.82 Å². The van der Waals surface area contributed by atoms with Crippen LogP contribution < -0.4 is 15.1 Å². The number of nitrogens with zero attached hydrogens (tertiary/aromatic N) is 3. The van der Waals surface area contributed by atoms with E-state index in [1.165, 1.54) is 36.9 Å². The van der Waals surface area contributed by atoms with E-state index in [0.717, 1.165) is 68.3 Å². The van der Waals surface area contributed by atoms with E-state index in [2.05, 4.69) is 50.4 Å². The second-order valence-corrected chi connectivity index (χ2v) is 9.87. The van der Waals surface area contributed by atoms with Crippen molar-refractivity contribution in [3.05, 3.63) is 42.1 Å². The minimum Gasteiger partial charge on any atom is -0.396 e. The number of nitrogens with one attached hydrogen (secondary N) is 1. The Hall–Kier alpha value is -2.60. The first-order valence-electron chi connectivity index (χ1n) is 12.7. The molecule has 5 rings (SSSR count). The highest BCUT2D eigenvalue weighted by molar-refractivity contribution is 5.97. The Morgan fingerprint density at radius 2 is 1.79 bits per heavy atom. The third kappa shape index (κ3) is 5.01. The number of aryl methyl sites for hydroxylation is 1. The Bertz CT molecular complexity index is 947. The summed E-state index contributed by atoms with van der Waals surface area (Å²) in [6.45, 7) is 2.48. The molecule has 6 nitrogen and oxygen atoms in total. The molecule has 0 atom stereocenters. The molecule has 6 heteroatoms. The van der Waals surface area contributed by atoms with Gasteiger partial charge in [-0.2, -0.15) is 0 Å². The molecule has 3 heterocycles. The van der Waals surface area contributed by atoms with Crippen LogP contribution in [0.5, 0.6) is 0 Å². The molecule has 3 aliphatic rings. The maximum Gasteiger partial charge on any atom is 0.227 e. The molecule has 0 spiro atoms. The highest BCUT2D eigenvalue weighted by atomic mass is 16.3. The molecule has 1 saturated carbocycles. The third-order valence-corrected chi connectivity index (χ3v) is 7.68. The number of piperidine rings is 1. The topological polar surface area (TPSA) is 68.7 Å². The van der Waals surface area contributed by atoms with Crippen molar-refractivity contribution in [3.63, 3.8) is 0 Å². The first kappa shape index (κ1) is 22.2. The van der Waals surface area contributed by atoms with E-state index in [1.54, 1.807) is 0 Å². The zero-order chi connectivity index (χ0) is 22.6. The van der Waals surface area contributed by atoms with Crippen molar-refractivity contribution in [1.29, 1.82) is 0 Å². The number of aliphatic hydroxyl groups excluding tert-OH is 1. The predicted octanol–water partition coefficient (Wildman–Crippen LogP) is 5.04. The van der Waals surface area contributed by atoms with Crippen LogP contribution in [0.3, 0.4) is 0 Å². The predicted molar refractivity (Wildman–Crippen MR) is 133 cm³/mol. The molecule has 176 valence electrons. The summed E-state index contributed by atoms with van der Waals surface area (Å²) in [5.41, 5.74) is 4.51. The fourth-order valence-corrected chi connectivity index (χ4v) is 5.78. The van der Waals surface area contributed by atoms with Crippen LogP contribution in [0.2, 0.25) is 0 Å². The van der Waals surface area contributed by atoms with Gasteiger partial charge in [0.15, 0.2) is 0 Å². The largest absolute Gasteiger partial charge is 0.396 e. The molecule has 1 saturated heterocycles. The van der Waals surface area contributed by atoms with Gasteiger partial charge in [0, 0.05) is 55.8 Å². The van der Waals surface area contributed by atoms with Crippen LogP contribution in [-0.4, -0.2) is 41.7 Å². The molecule has 2 N–H and O–H groups in total. The Kier molecular flexibility index (Phi) is 6.81. The van der Waals surface area contributed by atoms with E-state index in [9.17, 15) is 4.79 Å². The van der Waals surface area contributed by atoms with Crippen molar-refractivity contribution in [2.24, 2.45) is 5.92 Å². The quantitative estimate of drug-likeness (QED) is 0.621. The van der Waals surface area contributed by atoms with Crippen molar-refractivity contribution < 1.29 is 9.90 Å². The summed E-state index contributed by atoms with van der Waals surface area (Å²) in [6.07, 6.45) is 12.4. The molecule has 2 aromatic rings. The maximum absolute atomic E-state index is 12.7. The van der Waals surface area contributed by atoms with Crippen LogP contribution in [0.15, 0.2) is 36.5 Å². The van der Waals surface area contributed by atoms with Gasteiger partial charge < -0.3 is 20.2 Å². The van der Waals surface area contributed by atoms with Crippen LogP contribution in [0.1, 0.15) is 63.4 Å². The zero-order valence-corrected chi connectivity index (χ0v) is 19.5. The Morgan fingerprint density at radius 1 is 1.03 bits per heavy atom. The monoisotopic (exact) mass is 448 g/mol. The SMILES string of the molecule is O=C1CCc2cnc(Nc3ccc(N4CCC(CCCO)CC4)cc3)cc2N1C1CCCC1. The van der Waals surface area contributed by atoms with Crippen molar-refractivity contribution >= 4 is 28.8 Å². The maximum atomic E-state index is 12.7. The molecule has 0 unspecified atom stereocenters. The average Bonchev–Trinajstić information content (AvgIpc) is 3.38. The van der Waals surface area contributed by atoms with Gasteiger partial charge >= 0.3 is 0 Å². The summed E-state index contributed by atoms with van der Waals surface area (Å²) in [7, 11) is 0. The van der Waals surface area contributed by atoms with Gasteiger partial charge in [-0.15, -0.1) is 0 Å². The minimum absolute atomic E-state index is 0.260. The van der Waals surface area contributed by atoms with Crippen LogP contribution in [0, 0.1) is 5.92 Å². The van der Waals surface area contributed by atoms with Crippen LogP contribution >= 0.6 is 0 Å². The van der Waals surface area contributed by atoms with Crippen LogP contribution in [-0.2, 0) is 11.2 Å². The van der Waals surface area contributed by atoms with Gasteiger partial charge in [-0.25, -0.2) is 4.98 Å². The van der Waals surface area contributed by atoms with E-state index in [1.807, 2.05) is 6.20 Å². The van der Waals surface area contributed by atoms with Crippen LogP contribution in [0.25, 0.3) is 0 Å². The number of amides is 1. The highest BCUT2D eigenvalue weighted by Crippen LogP contribution is 2.36. The number of hydrogen-bond donors (Lipinski definition) is 2. The number of carbonyl (C=O) groups excluding carboxylic acids is 1. The summed E-state index contributed by atoms with van der Waals surface area (Å²) in [5.74, 6) is 1.81. The first-order chi connectivity index (χ1) is 16.2. The molecule has 2 fully saturated rings. The summed E-state index contributed by atoms with van der Waals surface area (Å²) >= 11 is 0. The fourth-order valence-electron chi connectivity index (χ4n) is 5.78. The van der Waals surface area contributed by atoms with E-state index in [-0.39, 0.29) is 5.91 Å². The summed E-state index contributed by atoms with van der Waals surface area (Å²) in [4.78, 5) is 21.9. The van der Waals surface area contributed by atoms with E-state index < -0.39 is 0 Å². The van der Waals surface area contributed by atoms with Gasteiger partial charge in [-0.05, 0) is 80.7 Å². The van der Waals surface area contributed by atoms with Gasteiger partial charge in [-0.3, -0.25) is 4.79 Å². The second-order valence-electron chi connectivity index (χ2n) is 9.87. The van der Waals surface area contributed by atoms with Crippen molar-refractivity contribution in [3.8, 4) is 0 Å². The lowest BCUT2D eigenvalue weighted by Gasteiger charge is -2.34. The van der Waals surface area contributed by atoms with E-state index >= 15 is 0 Å². The Morgan fingerprint density at radius 3 is 2.52 bits per heavy atom. The third-order valence-electron chi connectivity index (χ3n) is 7.68. The number of hydrogen-bond acceptors (Lipinski definition) is 5. The summed E-state index contributed by atoms with van der Waals surface area (Å²) in [6, 6.07) is 11.0. The lowest BCUT2D eigenvalue weighted by molar-refractivity contribution is -0.119. The molecule has 1 amide bonds. The zero-order valence-electron chi connectivity index (χ0n) is 19.5. The first-order valence-corrected chi connectivity index (χ1v) is 12.7.